The van der Waals surface area contributed by atoms with Gasteiger partial charge in [-0.1, -0.05) is 6.92 Å². The van der Waals surface area contributed by atoms with Crippen LogP contribution in [0.25, 0.3) is 0 Å². The van der Waals surface area contributed by atoms with E-state index in [9.17, 15) is 5.11 Å². The molecule has 106 valence electrons. The van der Waals surface area contributed by atoms with Crippen molar-refractivity contribution in [1.29, 1.82) is 0 Å². The van der Waals surface area contributed by atoms with Gasteiger partial charge >= 0.3 is 0 Å². The lowest BCUT2D eigenvalue weighted by molar-refractivity contribution is 0.132. The molecule has 0 radical (unpaired) electrons. The van der Waals surface area contributed by atoms with Crippen LogP contribution in [0.1, 0.15) is 52.4 Å². The van der Waals surface area contributed by atoms with Crippen molar-refractivity contribution in [2.75, 3.05) is 20.2 Å². The van der Waals surface area contributed by atoms with Crippen LogP contribution in [0.3, 0.4) is 0 Å². The third-order valence-corrected chi connectivity index (χ3v) is 5.16. The number of aliphatic hydroxyl groups excluding tert-OH is 1. The Kier molecular flexibility index (Phi) is 4.68. The molecular formula is C15H30N2O. The molecule has 0 aromatic carbocycles. The largest absolute Gasteiger partial charge is 0.394 e. The van der Waals surface area contributed by atoms with Crippen molar-refractivity contribution in [3.05, 3.63) is 0 Å². The summed E-state index contributed by atoms with van der Waals surface area (Å²) < 4.78 is 0. The van der Waals surface area contributed by atoms with Crippen molar-refractivity contribution >= 4 is 0 Å². The first-order valence-corrected chi connectivity index (χ1v) is 7.69. The summed E-state index contributed by atoms with van der Waals surface area (Å²) in [5, 5.41) is 13.3. The molecule has 2 rings (SSSR count). The lowest BCUT2D eigenvalue weighted by Crippen LogP contribution is -2.48. The molecule has 0 bridgehead atoms. The van der Waals surface area contributed by atoms with E-state index in [1.54, 1.807) is 0 Å². The van der Waals surface area contributed by atoms with E-state index in [2.05, 4.69) is 31.1 Å². The number of rotatable bonds is 7. The summed E-state index contributed by atoms with van der Waals surface area (Å²) in [7, 11) is 2.28. The summed E-state index contributed by atoms with van der Waals surface area (Å²) in [6.07, 6.45) is 7.42. The van der Waals surface area contributed by atoms with Gasteiger partial charge in [-0.25, -0.2) is 0 Å². The van der Waals surface area contributed by atoms with Crippen LogP contribution in [-0.4, -0.2) is 47.8 Å². The molecule has 0 aromatic heterocycles. The maximum absolute atomic E-state index is 9.72. The van der Waals surface area contributed by atoms with Crippen molar-refractivity contribution in [3.63, 3.8) is 0 Å². The molecule has 0 saturated heterocycles. The van der Waals surface area contributed by atoms with Gasteiger partial charge < -0.3 is 15.3 Å². The van der Waals surface area contributed by atoms with Crippen molar-refractivity contribution in [2.24, 2.45) is 5.92 Å². The maximum Gasteiger partial charge on any atom is 0.0613 e. The Bertz CT molecular complexity index is 267. The molecule has 3 nitrogen and oxygen atoms in total. The van der Waals surface area contributed by atoms with E-state index in [-0.39, 0.29) is 12.1 Å². The highest BCUT2D eigenvalue weighted by atomic mass is 16.3. The molecule has 3 unspecified atom stereocenters. The topological polar surface area (TPSA) is 35.5 Å². The minimum atomic E-state index is -0.00178. The fourth-order valence-electron chi connectivity index (χ4n) is 3.44. The molecule has 2 aliphatic carbocycles. The molecule has 3 heteroatoms. The van der Waals surface area contributed by atoms with Gasteiger partial charge in [0.1, 0.15) is 0 Å². The molecule has 0 amide bonds. The third kappa shape index (κ3) is 3.06. The van der Waals surface area contributed by atoms with E-state index in [4.69, 9.17) is 0 Å². The lowest BCUT2D eigenvalue weighted by Gasteiger charge is -2.33. The molecule has 0 aliphatic heterocycles. The Morgan fingerprint density at radius 3 is 2.67 bits per heavy atom. The fraction of sp³-hybridized carbons (Fsp3) is 1.00. The number of nitrogens with zero attached hydrogens (tertiary/aromatic N) is 1. The van der Waals surface area contributed by atoms with Gasteiger partial charge in [0, 0.05) is 17.6 Å². The molecule has 2 saturated carbocycles. The molecule has 0 spiro atoms. The quantitative estimate of drug-likeness (QED) is 0.729. The monoisotopic (exact) mass is 254 g/mol. The second-order valence-electron chi connectivity index (χ2n) is 6.51. The molecule has 2 fully saturated rings. The van der Waals surface area contributed by atoms with Crippen LogP contribution in [0.5, 0.6) is 0 Å². The number of nitrogens with one attached hydrogen (secondary N) is 1. The second-order valence-corrected chi connectivity index (χ2v) is 6.51. The van der Waals surface area contributed by atoms with Gasteiger partial charge in [-0.15, -0.1) is 0 Å². The first-order chi connectivity index (χ1) is 8.62. The SMILES string of the molecule is CCCNC1(CO)CCC(N(C)C(C)C2CC2)C1. The predicted octanol–water partition coefficient (Wildman–Crippen LogP) is 2.00. The number of hydrogen-bond donors (Lipinski definition) is 2. The number of aliphatic hydroxyl groups is 1. The molecule has 0 heterocycles. The van der Waals surface area contributed by atoms with Gasteiger partial charge in [0.25, 0.3) is 0 Å². The third-order valence-electron chi connectivity index (χ3n) is 5.16. The van der Waals surface area contributed by atoms with Crippen molar-refractivity contribution in [2.45, 2.75) is 70.0 Å². The summed E-state index contributed by atoms with van der Waals surface area (Å²) in [4.78, 5) is 2.57. The van der Waals surface area contributed by atoms with Gasteiger partial charge in [0.15, 0.2) is 0 Å². The summed E-state index contributed by atoms with van der Waals surface area (Å²) >= 11 is 0. The average Bonchev–Trinajstić information content (AvgIpc) is 3.15. The molecule has 2 N–H and O–H groups in total. The van der Waals surface area contributed by atoms with Crippen molar-refractivity contribution in [3.8, 4) is 0 Å². The van der Waals surface area contributed by atoms with Gasteiger partial charge in [0.2, 0.25) is 0 Å². The molecule has 2 aliphatic rings. The van der Waals surface area contributed by atoms with E-state index in [1.807, 2.05) is 0 Å². The Morgan fingerprint density at radius 1 is 1.39 bits per heavy atom. The highest BCUT2D eigenvalue weighted by molar-refractivity contribution is 5.00. The zero-order valence-corrected chi connectivity index (χ0v) is 12.3. The minimum Gasteiger partial charge on any atom is -0.394 e. The zero-order chi connectivity index (χ0) is 13.2. The van der Waals surface area contributed by atoms with Crippen LogP contribution >= 0.6 is 0 Å². The summed E-state index contributed by atoms with van der Waals surface area (Å²) in [5.41, 5.74) is -0.00178. The Balaban J connectivity index is 1.88. The Morgan fingerprint density at radius 2 is 2.11 bits per heavy atom. The standard InChI is InChI=1S/C15H30N2O/c1-4-9-16-15(11-18)8-7-14(10-15)17(3)12(2)13-5-6-13/h12-14,16,18H,4-11H2,1-3H3. The van der Waals surface area contributed by atoms with Crippen LogP contribution in [0, 0.1) is 5.92 Å². The second kappa shape index (κ2) is 5.89. The van der Waals surface area contributed by atoms with E-state index in [0.717, 1.165) is 37.8 Å². The smallest absolute Gasteiger partial charge is 0.0613 e. The van der Waals surface area contributed by atoms with E-state index < -0.39 is 0 Å². The van der Waals surface area contributed by atoms with Crippen LogP contribution < -0.4 is 5.32 Å². The first-order valence-electron chi connectivity index (χ1n) is 7.69. The first kappa shape index (κ1) is 14.3. The molecule has 0 aromatic rings. The van der Waals surface area contributed by atoms with E-state index >= 15 is 0 Å². The Hall–Kier alpha value is -0.120. The summed E-state index contributed by atoms with van der Waals surface area (Å²) in [5.74, 6) is 0.933. The molecule has 3 atom stereocenters. The van der Waals surface area contributed by atoms with Gasteiger partial charge in [0.05, 0.1) is 6.61 Å². The van der Waals surface area contributed by atoms with E-state index in [1.165, 1.54) is 19.3 Å². The average molecular weight is 254 g/mol. The lowest BCUT2D eigenvalue weighted by atomic mass is 9.97. The van der Waals surface area contributed by atoms with Crippen molar-refractivity contribution < 1.29 is 5.11 Å². The normalized spacial score (nSPS) is 34.2. The van der Waals surface area contributed by atoms with E-state index in [0.29, 0.717) is 6.04 Å². The molecular weight excluding hydrogens is 224 g/mol. The summed E-state index contributed by atoms with van der Waals surface area (Å²) in [6, 6.07) is 1.37. The van der Waals surface area contributed by atoms with Crippen molar-refractivity contribution in [1.82, 2.24) is 10.2 Å². The zero-order valence-electron chi connectivity index (χ0n) is 12.3. The van der Waals surface area contributed by atoms with Crippen LogP contribution in [0.15, 0.2) is 0 Å². The highest BCUT2D eigenvalue weighted by Crippen LogP contribution is 2.39. The minimum absolute atomic E-state index is 0.00178. The van der Waals surface area contributed by atoms with Crippen LogP contribution in [0.2, 0.25) is 0 Å². The van der Waals surface area contributed by atoms with Crippen LogP contribution in [0.4, 0.5) is 0 Å². The maximum atomic E-state index is 9.72. The van der Waals surface area contributed by atoms with Gasteiger partial charge in [-0.05, 0) is 65.0 Å². The Labute approximate surface area is 112 Å². The summed E-state index contributed by atoms with van der Waals surface area (Å²) in [6.45, 7) is 5.87. The fourth-order valence-corrected chi connectivity index (χ4v) is 3.44. The highest BCUT2D eigenvalue weighted by Gasteiger charge is 2.42. The van der Waals surface area contributed by atoms with Gasteiger partial charge in [-0.2, -0.15) is 0 Å². The predicted molar refractivity (Wildman–Crippen MR) is 75.7 cm³/mol. The van der Waals surface area contributed by atoms with Crippen LogP contribution in [-0.2, 0) is 0 Å². The van der Waals surface area contributed by atoms with Gasteiger partial charge in [-0.3, -0.25) is 0 Å². The molecule has 18 heavy (non-hydrogen) atoms. The number of hydrogen-bond acceptors (Lipinski definition) is 3.